The lowest BCUT2D eigenvalue weighted by Crippen LogP contribution is -2.44. The summed E-state index contributed by atoms with van der Waals surface area (Å²) in [7, 11) is 0. The smallest absolute Gasteiger partial charge is 0.247 e. The van der Waals surface area contributed by atoms with E-state index in [9.17, 15) is 9.59 Å². The summed E-state index contributed by atoms with van der Waals surface area (Å²) in [6.07, 6.45) is 5.88. The van der Waals surface area contributed by atoms with Crippen molar-refractivity contribution in [3.63, 3.8) is 0 Å². The van der Waals surface area contributed by atoms with E-state index in [0.29, 0.717) is 12.3 Å². The fourth-order valence-corrected chi connectivity index (χ4v) is 3.67. The second kappa shape index (κ2) is 6.70. The van der Waals surface area contributed by atoms with Crippen LogP contribution in [-0.4, -0.2) is 35.3 Å². The predicted molar refractivity (Wildman–Crippen MR) is 79.1 cm³/mol. The molecular weight excluding hydrogens is 252 g/mol. The molecule has 1 aliphatic carbocycles. The van der Waals surface area contributed by atoms with Crippen molar-refractivity contribution in [1.29, 1.82) is 0 Å². The molecule has 0 spiro atoms. The van der Waals surface area contributed by atoms with Gasteiger partial charge in [0.05, 0.1) is 12.5 Å². The maximum atomic E-state index is 12.4. The molecule has 20 heavy (non-hydrogen) atoms. The topological polar surface area (TPSA) is 49.4 Å². The number of hydrogen-bond donors (Lipinski definition) is 1. The Morgan fingerprint density at radius 3 is 2.50 bits per heavy atom. The highest BCUT2D eigenvalue weighted by atomic mass is 16.2. The second-order valence-corrected chi connectivity index (χ2v) is 6.41. The molecule has 3 atom stereocenters. The Morgan fingerprint density at radius 1 is 1.25 bits per heavy atom. The van der Waals surface area contributed by atoms with E-state index in [1.54, 1.807) is 0 Å². The first kappa shape index (κ1) is 15.5. The lowest BCUT2D eigenvalue weighted by molar-refractivity contribution is -0.141. The highest BCUT2D eigenvalue weighted by Gasteiger charge is 2.41. The molecule has 2 amide bonds. The van der Waals surface area contributed by atoms with Crippen molar-refractivity contribution < 1.29 is 9.59 Å². The molecule has 1 saturated carbocycles. The Balaban J connectivity index is 1.90. The van der Waals surface area contributed by atoms with Gasteiger partial charge in [-0.05, 0) is 37.6 Å². The number of imide groups is 1. The van der Waals surface area contributed by atoms with Gasteiger partial charge in [-0.1, -0.05) is 33.6 Å². The van der Waals surface area contributed by atoms with E-state index < -0.39 is 0 Å². The Hall–Kier alpha value is -0.900. The van der Waals surface area contributed by atoms with Crippen molar-refractivity contribution in [2.75, 3.05) is 6.54 Å². The fourth-order valence-electron chi connectivity index (χ4n) is 3.67. The van der Waals surface area contributed by atoms with Crippen LogP contribution in [0.4, 0.5) is 0 Å². The third kappa shape index (κ3) is 3.05. The normalized spacial score (nSPS) is 30.8. The molecule has 4 nitrogen and oxygen atoms in total. The molecule has 3 unspecified atom stereocenters. The van der Waals surface area contributed by atoms with Crippen LogP contribution in [0, 0.1) is 11.8 Å². The number of nitrogens with one attached hydrogen (secondary N) is 1. The zero-order valence-electron chi connectivity index (χ0n) is 13.0. The van der Waals surface area contributed by atoms with E-state index in [0.717, 1.165) is 25.3 Å². The van der Waals surface area contributed by atoms with E-state index in [1.165, 1.54) is 24.2 Å². The summed E-state index contributed by atoms with van der Waals surface area (Å²) in [5.74, 6) is 1.40. The first-order chi connectivity index (χ1) is 9.58. The highest BCUT2D eigenvalue weighted by Crippen LogP contribution is 2.31. The zero-order chi connectivity index (χ0) is 14.7. The number of hydrogen-bond acceptors (Lipinski definition) is 3. The number of carbonyl (C=O) groups is 2. The monoisotopic (exact) mass is 280 g/mol. The average molecular weight is 280 g/mol. The summed E-state index contributed by atoms with van der Waals surface area (Å²) in [5, 5.41) is 3.36. The first-order valence-electron chi connectivity index (χ1n) is 8.17. The Morgan fingerprint density at radius 2 is 1.95 bits per heavy atom. The van der Waals surface area contributed by atoms with E-state index in [4.69, 9.17) is 0 Å². The van der Waals surface area contributed by atoms with Crippen molar-refractivity contribution >= 4 is 11.8 Å². The lowest BCUT2D eigenvalue weighted by Gasteiger charge is -2.24. The summed E-state index contributed by atoms with van der Waals surface area (Å²) in [4.78, 5) is 26.0. The summed E-state index contributed by atoms with van der Waals surface area (Å²) < 4.78 is 0. The molecule has 1 N–H and O–H groups in total. The van der Waals surface area contributed by atoms with Crippen molar-refractivity contribution in [3.05, 3.63) is 0 Å². The van der Waals surface area contributed by atoms with Crippen molar-refractivity contribution in [2.24, 2.45) is 11.8 Å². The maximum Gasteiger partial charge on any atom is 0.247 e. The number of likely N-dealkylation sites (tertiary alicyclic amines) is 1. The average Bonchev–Trinajstić information content (AvgIpc) is 2.95. The van der Waals surface area contributed by atoms with Crippen LogP contribution >= 0.6 is 0 Å². The maximum absolute atomic E-state index is 12.4. The molecule has 2 aliphatic rings. The van der Waals surface area contributed by atoms with Gasteiger partial charge in [-0.2, -0.15) is 0 Å². The third-order valence-electron chi connectivity index (χ3n) is 5.16. The Bertz CT molecular complexity index is 365. The number of amides is 2. The van der Waals surface area contributed by atoms with E-state index in [2.05, 4.69) is 12.2 Å². The Kier molecular flexibility index (Phi) is 5.19. The van der Waals surface area contributed by atoms with Gasteiger partial charge in [0.15, 0.2) is 0 Å². The summed E-state index contributed by atoms with van der Waals surface area (Å²) in [6.45, 7) is 7.24. The van der Waals surface area contributed by atoms with E-state index in [-0.39, 0.29) is 23.9 Å². The van der Waals surface area contributed by atoms with Crippen LogP contribution in [0.5, 0.6) is 0 Å². The van der Waals surface area contributed by atoms with Crippen LogP contribution in [0.1, 0.15) is 59.3 Å². The molecule has 0 radical (unpaired) electrons. The van der Waals surface area contributed by atoms with E-state index in [1.807, 2.05) is 13.8 Å². The molecule has 2 rings (SSSR count). The molecule has 2 fully saturated rings. The molecule has 0 aromatic heterocycles. The third-order valence-corrected chi connectivity index (χ3v) is 5.16. The standard InChI is InChI=1S/C16H28N2O2/c1-4-13(5-2)18-15(19)9-14(16(18)20)17-10-12-8-6-7-11(12)3/h11-14,17H,4-10H2,1-3H3. The number of rotatable bonds is 6. The van der Waals surface area contributed by atoms with Gasteiger partial charge in [0, 0.05) is 6.04 Å². The van der Waals surface area contributed by atoms with Crippen LogP contribution in [0.3, 0.4) is 0 Å². The first-order valence-corrected chi connectivity index (χ1v) is 8.17. The summed E-state index contributed by atoms with van der Waals surface area (Å²) in [5.41, 5.74) is 0. The molecule has 1 heterocycles. The molecule has 1 aliphatic heterocycles. The van der Waals surface area contributed by atoms with Gasteiger partial charge < -0.3 is 5.32 Å². The van der Waals surface area contributed by atoms with Crippen LogP contribution < -0.4 is 5.32 Å². The van der Waals surface area contributed by atoms with Gasteiger partial charge in [0.2, 0.25) is 11.8 Å². The molecule has 4 heteroatoms. The second-order valence-electron chi connectivity index (χ2n) is 6.41. The van der Waals surface area contributed by atoms with Crippen LogP contribution in [0.25, 0.3) is 0 Å². The number of nitrogens with zero attached hydrogens (tertiary/aromatic N) is 1. The minimum atomic E-state index is -0.282. The quantitative estimate of drug-likeness (QED) is 0.760. The largest absolute Gasteiger partial charge is 0.305 e. The van der Waals surface area contributed by atoms with Gasteiger partial charge in [-0.3, -0.25) is 14.5 Å². The zero-order valence-corrected chi connectivity index (χ0v) is 13.0. The molecular formula is C16H28N2O2. The molecule has 1 saturated heterocycles. The van der Waals surface area contributed by atoms with Gasteiger partial charge in [-0.25, -0.2) is 0 Å². The lowest BCUT2D eigenvalue weighted by atomic mass is 9.98. The number of carbonyl (C=O) groups excluding carboxylic acids is 2. The minimum Gasteiger partial charge on any atom is -0.305 e. The van der Waals surface area contributed by atoms with Crippen LogP contribution in [0.15, 0.2) is 0 Å². The summed E-state index contributed by atoms with van der Waals surface area (Å²) >= 11 is 0. The van der Waals surface area contributed by atoms with Crippen LogP contribution in [-0.2, 0) is 9.59 Å². The van der Waals surface area contributed by atoms with Crippen molar-refractivity contribution in [1.82, 2.24) is 10.2 Å². The predicted octanol–water partition coefficient (Wildman–Crippen LogP) is 2.33. The van der Waals surface area contributed by atoms with Crippen molar-refractivity contribution in [2.45, 2.75) is 71.4 Å². The Labute approximate surface area is 122 Å². The molecule has 0 aromatic carbocycles. The van der Waals surface area contributed by atoms with Gasteiger partial charge in [0.1, 0.15) is 0 Å². The minimum absolute atomic E-state index is 0.000621. The molecule has 0 bridgehead atoms. The SMILES string of the molecule is CCC(CC)N1C(=O)CC(NCC2CCCC2C)C1=O. The molecule has 0 aromatic rings. The summed E-state index contributed by atoms with van der Waals surface area (Å²) in [6, 6.07) is -0.205. The van der Waals surface area contributed by atoms with Gasteiger partial charge in [0.25, 0.3) is 0 Å². The molecule has 114 valence electrons. The highest BCUT2D eigenvalue weighted by molar-refractivity contribution is 6.05. The van der Waals surface area contributed by atoms with Crippen LogP contribution in [0.2, 0.25) is 0 Å². The van der Waals surface area contributed by atoms with Gasteiger partial charge in [-0.15, -0.1) is 0 Å². The fraction of sp³-hybridized carbons (Fsp3) is 0.875. The van der Waals surface area contributed by atoms with E-state index >= 15 is 0 Å². The van der Waals surface area contributed by atoms with Gasteiger partial charge >= 0.3 is 0 Å². The van der Waals surface area contributed by atoms with Crippen molar-refractivity contribution in [3.8, 4) is 0 Å².